The molecular weight excluding hydrogens is 184 g/mol. The van der Waals surface area contributed by atoms with Gasteiger partial charge in [0.15, 0.2) is 11.5 Å². The standard InChI is InChI=1S/C9H10N2O3/c1-4-7-10-6(9(12)14-3)5-8(11-7)13-2/h4-5H,1H2,2-3H3. The average molecular weight is 194 g/mol. The molecule has 1 aromatic heterocycles. The van der Waals surface area contributed by atoms with Gasteiger partial charge in [0.05, 0.1) is 14.2 Å². The molecule has 74 valence electrons. The van der Waals surface area contributed by atoms with Crippen molar-refractivity contribution in [3.63, 3.8) is 0 Å². The van der Waals surface area contributed by atoms with E-state index in [4.69, 9.17) is 4.74 Å². The fourth-order valence-corrected chi connectivity index (χ4v) is 0.848. The molecule has 0 saturated carbocycles. The highest BCUT2D eigenvalue weighted by Gasteiger charge is 2.10. The van der Waals surface area contributed by atoms with Gasteiger partial charge in [-0.15, -0.1) is 0 Å². The molecule has 5 heteroatoms. The maximum absolute atomic E-state index is 11.1. The van der Waals surface area contributed by atoms with Gasteiger partial charge in [-0.2, -0.15) is 4.98 Å². The van der Waals surface area contributed by atoms with Crippen molar-refractivity contribution < 1.29 is 14.3 Å². The maximum atomic E-state index is 11.1. The Labute approximate surface area is 81.4 Å². The second-order valence-electron chi connectivity index (χ2n) is 2.35. The van der Waals surface area contributed by atoms with Gasteiger partial charge in [-0.3, -0.25) is 0 Å². The van der Waals surface area contributed by atoms with Crippen LogP contribution in [0.4, 0.5) is 0 Å². The van der Waals surface area contributed by atoms with Crippen molar-refractivity contribution in [3.8, 4) is 5.88 Å². The minimum atomic E-state index is -0.534. The fraction of sp³-hybridized carbons (Fsp3) is 0.222. The summed E-state index contributed by atoms with van der Waals surface area (Å²) in [5.41, 5.74) is 0.147. The van der Waals surface area contributed by atoms with Crippen LogP contribution < -0.4 is 4.74 Å². The summed E-state index contributed by atoms with van der Waals surface area (Å²) >= 11 is 0. The summed E-state index contributed by atoms with van der Waals surface area (Å²) in [6.07, 6.45) is 1.43. The number of ether oxygens (including phenoxy) is 2. The van der Waals surface area contributed by atoms with Crippen molar-refractivity contribution in [2.75, 3.05) is 14.2 Å². The first-order valence-electron chi connectivity index (χ1n) is 3.85. The monoisotopic (exact) mass is 194 g/mol. The molecule has 5 nitrogen and oxygen atoms in total. The quantitative estimate of drug-likeness (QED) is 0.669. The molecule has 14 heavy (non-hydrogen) atoms. The summed E-state index contributed by atoms with van der Waals surface area (Å²) in [4.78, 5) is 19.0. The molecule has 0 saturated heterocycles. The zero-order valence-corrected chi connectivity index (χ0v) is 7.98. The Hall–Kier alpha value is -1.91. The molecule has 0 N–H and O–H groups in total. The van der Waals surface area contributed by atoms with E-state index in [0.29, 0.717) is 11.7 Å². The number of hydrogen-bond acceptors (Lipinski definition) is 5. The van der Waals surface area contributed by atoms with Crippen LogP contribution in [-0.4, -0.2) is 30.2 Å². The van der Waals surface area contributed by atoms with Crippen LogP contribution in [0.5, 0.6) is 5.88 Å². The van der Waals surface area contributed by atoms with Gasteiger partial charge in [0.2, 0.25) is 5.88 Å². The SMILES string of the molecule is C=Cc1nc(OC)cc(C(=O)OC)n1. The smallest absolute Gasteiger partial charge is 0.356 e. The number of aromatic nitrogens is 2. The first kappa shape index (κ1) is 10.2. The highest BCUT2D eigenvalue weighted by molar-refractivity contribution is 5.87. The lowest BCUT2D eigenvalue weighted by Crippen LogP contribution is -2.07. The van der Waals surface area contributed by atoms with Crippen LogP contribution in [-0.2, 0) is 4.74 Å². The number of methoxy groups -OCH3 is 2. The molecule has 0 atom stereocenters. The second kappa shape index (κ2) is 4.36. The van der Waals surface area contributed by atoms with Crippen LogP contribution in [0.15, 0.2) is 12.6 Å². The third-order valence-corrected chi connectivity index (χ3v) is 1.51. The Bertz CT molecular complexity index is 363. The molecule has 1 aromatic rings. The van der Waals surface area contributed by atoms with Crippen LogP contribution >= 0.6 is 0 Å². The number of carbonyl (C=O) groups excluding carboxylic acids is 1. The van der Waals surface area contributed by atoms with Gasteiger partial charge < -0.3 is 9.47 Å². The Balaban J connectivity index is 3.16. The van der Waals surface area contributed by atoms with Gasteiger partial charge in [0.1, 0.15) is 0 Å². The maximum Gasteiger partial charge on any atom is 0.356 e. The van der Waals surface area contributed by atoms with E-state index in [2.05, 4.69) is 21.3 Å². The van der Waals surface area contributed by atoms with Gasteiger partial charge in [-0.05, 0) is 6.08 Å². The highest BCUT2D eigenvalue weighted by atomic mass is 16.5. The summed E-state index contributed by atoms with van der Waals surface area (Å²) < 4.78 is 9.40. The second-order valence-corrected chi connectivity index (χ2v) is 2.35. The van der Waals surface area contributed by atoms with E-state index in [1.165, 1.54) is 26.4 Å². The number of esters is 1. The number of nitrogens with zero attached hydrogens (tertiary/aromatic N) is 2. The van der Waals surface area contributed by atoms with Crippen molar-refractivity contribution in [2.24, 2.45) is 0 Å². The molecule has 1 rings (SSSR count). The van der Waals surface area contributed by atoms with Crippen molar-refractivity contribution >= 4 is 12.0 Å². The number of rotatable bonds is 3. The lowest BCUT2D eigenvalue weighted by molar-refractivity contribution is 0.0593. The first-order chi connectivity index (χ1) is 6.71. The molecule has 0 aliphatic rings. The zero-order chi connectivity index (χ0) is 10.6. The van der Waals surface area contributed by atoms with Crippen molar-refractivity contribution in [2.45, 2.75) is 0 Å². The van der Waals surface area contributed by atoms with Crippen LogP contribution in [0.3, 0.4) is 0 Å². The summed E-state index contributed by atoms with van der Waals surface area (Å²) in [7, 11) is 2.74. The van der Waals surface area contributed by atoms with E-state index in [0.717, 1.165) is 0 Å². The van der Waals surface area contributed by atoms with Crippen LogP contribution in [0.25, 0.3) is 6.08 Å². The fourth-order valence-electron chi connectivity index (χ4n) is 0.848. The molecular formula is C9H10N2O3. The normalized spacial score (nSPS) is 9.29. The molecule has 0 radical (unpaired) electrons. The van der Waals surface area contributed by atoms with Gasteiger partial charge >= 0.3 is 5.97 Å². The molecule has 0 fully saturated rings. The summed E-state index contributed by atoms with van der Waals surface area (Å²) in [5.74, 6) is 0.0915. The van der Waals surface area contributed by atoms with Gasteiger partial charge in [0.25, 0.3) is 0 Å². The van der Waals surface area contributed by atoms with E-state index in [1.807, 2.05) is 0 Å². The summed E-state index contributed by atoms with van der Waals surface area (Å²) in [5, 5.41) is 0. The highest BCUT2D eigenvalue weighted by Crippen LogP contribution is 2.10. The molecule has 0 aliphatic heterocycles. The average Bonchev–Trinajstić information content (AvgIpc) is 2.27. The number of carbonyl (C=O) groups is 1. The third kappa shape index (κ3) is 2.07. The molecule has 0 unspecified atom stereocenters. The Morgan fingerprint density at radius 1 is 1.50 bits per heavy atom. The van der Waals surface area contributed by atoms with Crippen molar-refractivity contribution in [1.82, 2.24) is 9.97 Å². The number of hydrogen-bond donors (Lipinski definition) is 0. The molecule has 0 bridgehead atoms. The topological polar surface area (TPSA) is 61.3 Å². The molecule has 0 amide bonds. The van der Waals surface area contributed by atoms with E-state index in [9.17, 15) is 4.79 Å². The van der Waals surface area contributed by atoms with Crippen molar-refractivity contribution in [3.05, 3.63) is 24.2 Å². The molecule has 0 aromatic carbocycles. The third-order valence-electron chi connectivity index (χ3n) is 1.51. The molecule has 1 heterocycles. The van der Waals surface area contributed by atoms with E-state index < -0.39 is 5.97 Å². The summed E-state index contributed by atoms with van der Waals surface area (Å²) in [6.45, 7) is 3.50. The minimum absolute atomic E-state index is 0.147. The van der Waals surface area contributed by atoms with Crippen LogP contribution in [0, 0.1) is 0 Å². The Morgan fingerprint density at radius 3 is 2.71 bits per heavy atom. The molecule has 0 aliphatic carbocycles. The van der Waals surface area contributed by atoms with E-state index in [1.54, 1.807) is 0 Å². The predicted molar refractivity (Wildman–Crippen MR) is 50.0 cm³/mol. The first-order valence-corrected chi connectivity index (χ1v) is 3.85. The lowest BCUT2D eigenvalue weighted by Gasteiger charge is -2.02. The van der Waals surface area contributed by atoms with Gasteiger partial charge in [0, 0.05) is 6.07 Å². The summed E-state index contributed by atoms with van der Waals surface area (Å²) in [6, 6.07) is 1.40. The van der Waals surface area contributed by atoms with Gasteiger partial charge in [-0.25, -0.2) is 9.78 Å². The van der Waals surface area contributed by atoms with Gasteiger partial charge in [-0.1, -0.05) is 6.58 Å². The largest absolute Gasteiger partial charge is 0.481 e. The Morgan fingerprint density at radius 2 is 2.21 bits per heavy atom. The Kier molecular flexibility index (Phi) is 3.17. The van der Waals surface area contributed by atoms with Crippen LogP contribution in [0.2, 0.25) is 0 Å². The lowest BCUT2D eigenvalue weighted by atomic mass is 10.4. The predicted octanol–water partition coefficient (Wildman–Crippen LogP) is 0.915. The zero-order valence-electron chi connectivity index (χ0n) is 7.98. The molecule has 0 spiro atoms. The van der Waals surface area contributed by atoms with E-state index in [-0.39, 0.29) is 5.69 Å². The van der Waals surface area contributed by atoms with E-state index >= 15 is 0 Å². The van der Waals surface area contributed by atoms with Crippen LogP contribution in [0.1, 0.15) is 16.3 Å². The minimum Gasteiger partial charge on any atom is -0.481 e. The van der Waals surface area contributed by atoms with Crippen molar-refractivity contribution in [1.29, 1.82) is 0 Å².